The highest BCUT2D eigenvalue weighted by molar-refractivity contribution is 5.95. The second-order valence-corrected chi connectivity index (χ2v) is 4.21. The fraction of sp³-hybridized carbons (Fsp3) is 0.385. The minimum Gasteiger partial charge on any atom is -0.315 e. The zero-order chi connectivity index (χ0) is 12.4. The standard InChI is InChI=1S/C13H16N2O2/c1-3-4-5-12(16)10-6-7-11-13(17)14(2)8-9-15(10)11/h6-9H,3-5H2,1-2H3. The second kappa shape index (κ2) is 4.57. The Bertz CT molecular complexity index is 607. The Morgan fingerprint density at radius 1 is 1.29 bits per heavy atom. The maximum atomic E-state index is 11.9. The van der Waals surface area contributed by atoms with Crippen molar-refractivity contribution in [1.29, 1.82) is 0 Å². The molecule has 0 unspecified atom stereocenters. The Balaban J connectivity index is 2.47. The molecule has 0 bridgehead atoms. The van der Waals surface area contributed by atoms with Gasteiger partial charge >= 0.3 is 0 Å². The first kappa shape index (κ1) is 11.6. The lowest BCUT2D eigenvalue weighted by Gasteiger charge is -2.03. The Kier molecular flexibility index (Phi) is 3.13. The van der Waals surface area contributed by atoms with E-state index in [1.807, 2.05) is 0 Å². The normalized spacial score (nSPS) is 10.9. The van der Waals surface area contributed by atoms with E-state index in [9.17, 15) is 9.59 Å². The minimum absolute atomic E-state index is 0.0814. The molecule has 2 aromatic rings. The number of unbranched alkanes of at least 4 members (excludes halogenated alkanes) is 1. The van der Waals surface area contributed by atoms with Crippen molar-refractivity contribution < 1.29 is 4.79 Å². The van der Waals surface area contributed by atoms with Crippen LogP contribution in [0.2, 0.25) is 0 Å². The average molecular weight is 232 g/mol. The van der Waals surface area contributed by atoms with Crippen LogP contribution in [0.25, 0.3) is 5.52 Å². The fourth-order valence-corrected chi connectivity index (χ4v) is 1.89. The van der Waals surface area contributed by atoms with E-state index in [1.165, 1.54) is 4.57 Å². The fourth-order valence-electron chi connectivity index (χ4n) is 1.89. The van der Waals surface area contributed by atoms with Crippen LogP contribution in [0.5, 0.6) is 0 Å². The number of hydrogen-bond donors (Lipinski definition) is 0. The van der Waals surface area contributed by atoms with E-state index in [-0.39, 0.29) is 11.3 Å². The van der Waals surface area contributed by atoms with Crippen LogP contribution in [-0.4, -0.2) is 14.8 Å². The lowest BCUT2D eigenvalue weighted by Crippen LogP contribution is -2.18. The molecular formula is C13H16N2O2. The molecule has 17 heavy (non-hydrogen) atoms. The molecule has 2 rings (SSSR count). The highest BCUT2D eigenvalue weighted by Crippen LogP contribution is 2.10. The van der Waals surface area contributed by atoms with Crippen molar-refractivity contribution in [2.24, 2.45) is 7.05 Å². The Morgan fingerprint density at radius 3 is 2.76 bits per heavy atom. The number of fused-ring (bicyclic) bond motifs is 1. The highest BCUT2D eigenvalue weighted by atomic mass is 16.1. The molecule has 0 aliphatic carbocycles. The number of aryl methyl sites for hydroxylation is 1. The zero-order valence-corrected chi connectivity index (χ0v) is 10.1. The molecule has 2 aromatic heterocycles. The van der Waals surface area contributed by atoms with Gasteiger partial charge in [0.05, 0.1) is 5.69 Å². The number of rotatable bonds is 4. The number of nitrogens with zero attached hydrogens (tertiary/aromatic N) is 2. The minimum atomic E-state index is -0.0814. The lowest BCUT2D eigenvalue weighted by atomic mass is 10.1. The summed E-state index contributed by atoms with van der Waals surface area (Å²) in [6.45, 7) is 2.05. The summed E-state index contributed by atoms with van der Waals surface area (Å²) in [6.07, 6.45) is 5.85. The predicted molar refractivity (Wildman–Crippen MR) is 66.5 cm³/mol. The van der Waals surface area contributed by atoms with Crippen molar-refractivity contribution >= 4 is 11.3 Å². The van der Waals surface area contributed by atoms with Gasteiger partial charge in [-0.05, 0) is 18.6 Å². The smallest absolute Gasteiger partial charge is 0.274 e. The third-order valence-corrected chi connectivity index (χ3v) is 2.94. The SMILES string of the molecule is CCCCC(=O)c1ccc2c(=O)n(C)ccn12. The van der Waals surface area contributed by atoms with Gasteiger partial charge in [-0.3, -0.25) is 9.59 Å². The summed E-state index contributed by atoms with van der Waals surface area (Å²) in [5.41, 5.74) is 1.07. The summed E-state index contributed by atoms with van der Waals surface area (Å²) in [5.74, 6) is 0.0973. The molecule has 0 fully saturated rings. The second-order valence-electron chi connectivity index (χ2n) is 4.21. The lowest BCUT2D eigenvalue weighted by molar-refractivity contribution is 0.0974. The van der Waals surface area contributed by atoms with Crippen molar-refractivity contribution in [1.82, 2.24) is 8.97 Å². The molecule has 2 heterocycles. The Hall–Kier alpha value is -1.84. The van der Waals surface area contributed by atoms with E-state index >= 15 is 0 Å². The monoisotopic (exact) mass is 232 g/mol. The molecule has 4 nitrogen and oxygen atoms in total. The molecule has 90 valence electrons. The van der Waals surface area contributed by atoms with Crippen LogP contribution < -0.4 is 5.56 Å². The number of Topliss-reactive ketones (excluding diaryl/α,β-unsaturated/α-hetero) is 1. The molecule has 0 spiro atoms. The zero-order valence-electron chi connectivity index (χ0n) is 10.1. The van der Waals surface area contributed by atoms with E-state index in [4.69, 9.17) is 0 Å². The van der Waals surface area contributed by atoms with E-state index in [0.717, 1.165) is 12.8 Å². The predicted octanol–water partition coefficient (Wildman–Crippen LogP) is 2.01. The van der Waals surface area contributed by atoms with Gasteiger partial charge in [-0.1, -0.05) is 13.3 Å². The summed E-state index contributed by atoms with van der Waals surface area (Å²) in [7, 11) is 1.70. The van der Waals surface area contributed by atoms with Crippen LogP contribution in [0.4, 0.5) is 0 Å². The van der Waals surface area contributed by atoms with Crippen LogP contribution in [0.1, 0.15) is 36.7 Å². The van der Waals surface area contributed by atoms with Gasteiger partial charge in [-0.2, -0.15) is 0 Å². The van der Waals surface area contributed by atoms with Gasteiger partial charge in [0.15, 0.2) is 5.78 Å². The van der Waals surface area contributed by atoms with Crippen LogP contribution in [0, 0.1) is 0 Å². The van der Waals surface area contributed by atoms with Crippen LogP contribution in [0.3, 0.4) is 0 Å². The third-order valence-electron chi connectivity index (χ3n) is 2.94. The van der Waals surface area contributed by atoms with E-state index < -0.39 is 0 Å². The molecule has 0 aliphatic heterocycles. The van der Waals surface area contributed by atoms with Gasteiger partial charge in [0, 0.05) is 25.9 Å². The van der Waals surface area contributed by atoms with Crippen molar-refractivity contribution in [3.05, 3.63) is 40.6 Å². The first-order valence-corrected chi connectivity index (χ1v) is 5.85. The third kappa shape index (κ3) is 2.02. The number of aromatic nitrogens is 2. The largest absolute Gasteiger partial charge is 0.315 e. The first-order chi connectivity index (χ1) is 8.15. The summed E-state index contributed by atoms with van der Waals surface area (Å²) in [5, 5.41) is 0. The van der Waals surface area contributed by atoms with E-state index in [1.54, 1.807) is 36.0 Å². The molecule has 0 radical (unpaired) electrons. The quantitative estimate of drug-likeness (QED) is 0.757. The van der Waals surface area contributed by atoms with Gasteiger partial charge in [0.1, 0.15) is 5.52 Å². The molecule has 0 aromatic carbocycles. The summed E-state index contributed by atoms with van der Waals surface area (Å²) in [4.78, 5) is 23.8. The maximum absolute atomic E-state index is 11.9. The van der Waals surface area contributed by atoms with Gasteiger partial charge in [-0.25, -0.2) is 0 Å². The van der Waals surface area contributed by atoms with Gasteiger partial charge < -0.3 is 8.97 Å². The molecule has 0 amide bonds. The molecule has 0 saturated carbocycles. The van der Waals surface area contributed by atoms with E-state index in [2.05, 4.69) is 6.92 Å². The summed E-state index contributed by atoms with van der Waals surface area (Å²) >= 11 is 0. The van der Waals surface area contributed by atoms with E-state index in [0.29, 0.717) is 17.6 Å². The molecular weight excluding hydrogens is 216 g/mol. The van der Waals surface area contributed by atoms with Gasteiger partial charge in [-0.15, -0.1) is 0 Å². The highest BCUT2D eigenvalue weighted by Gasteiger charge is 2.12. The number of hydrogen-bond acceptors (Lipinski definition) is 2. The molecule has 0 saturated heterocycles. The average Bonchev–Trinajstić information content (AvgIpc) is 2.75. The molecule has 0 aliphatic rings. The maximum Gasteiger partial charge on any atom is 0.274 e. The van der Waals surface area contributed by atoms with Crippen molar-refractivity contribution in [2.75, 3.05) is 0 Å². The topological polar surface area (TPSA) is 43.5 Å². The first-order valence-electron chi connectivity index (χ1n) is 5.85. The summed E-state index contributed by atoms with van der Waals surface area (Å²) < 4.78 is 3.19. The number of ketones is 1. The van der Waals surface area contributed by atoms with Crippen LogP contribution in [-0.2, 0) is 7.05 Å². The molecule has 0 atom stereocenters. The van der Waals surface area contributed by atoms with Crippen molar-refractivity contribution in [3.8, 4) is 0 Å². The van der Waals surface area contributed by atoms with Crippen molar-refractivity contribution in [2.45, 2.75) is 26.2 Å². The van der Waals surface area contributed by atoms with Gasteiger partial charge in [0.2, 0.25) is 0 Å². The number of carbonyl (C=O) groups is 1. The number of carbonyl (C=O) groups excluding carboxylic acids is 1. The van der Waals surface area contributed by atoms with Gasteiger partial charge in [0.25, 0.3) is 5.56 Å². The molecule has 0 N–H and O–H groups in total. The Morgan fingerprint density at radius 2 is 2.06 bits per heavy atom. The van der Waals surface area contributed by atoms with Crippen LogP contribution >= 0.6 is 0 Å². The van der Waals surface area contributed by atoms with Crippen molar-refractivity contribution in [3.63, 3.8) is 0 Å². The summed E-state index contributed by atoms with van der Waals surface area (Å²) in [6, 6.07) is 3.44. The van der Waals surface area contributed by atoms with Crippen LogP contribution in [0.15, 0.2) is 29.3 Å². The molecule has 4 heteroatoms. The Labute approximate surface area is 99.5 Å².